The first-order valence-electron chi connectivity index (χ1n) is 8.06. The van der Waals surface area contributed by atoms with Gasteiger partial charge in [0.25, 0.3) is 0 Å². The Morgan fingerprint density at radius 1 is 1.26 bits per heavy atom. The predicted octanol–water partition coefficient (Wildman–Crippen LogP) is 0.886. The van der Waals surface area contributed by atoms with Gasteiger partial charge in [0.2, 0.25) is 5.91 Å². The van der Waals surface area contributed by atoms with Crippen LogP contribution in [-0.4, -0.2) is 68.0 Å². The number of hydrogen-bond donors (Lipinski definition) is 2. The molecule has 1 aromatic heterocycles. The summed E-state index contributed by atoms with van der Waals surface area (Å²) in [4.78, 5) is 22.5. The number of thiophene rings is 1. The Kier molecular flexibility index (Phi) is 6.85. The van der Waals surface area contributed by atoms with Crippen molar-refractivity contribution in [3.8, 4) is 0 Å². The Labute approximate surface area is 142 Å². The fourth-order valence-corrected chi connectivity index (χ4v) is 3.42. The molecule has 2 N–H and O–H groups in total. The van der Waals surface area contributed by atoms with E-state index in [1.165, 1.54) is 9.75 Å². The first-order chi connectivity index (χ1) is 11.1. The van der Waals surface area contributed by atoms with Crippen molar-refractivity contribution in [2.45, 2.75) is 20.4 Å². The van der Waals surface area contributed by atoms with Crippen molar-refractivity contribution in [3.05, 3.63) is 21.9 Å². The van der Waals surface area contributed by atoms with E-state index < -0.39 is 0 Å². The van der Waals surface area contributed by atoms with Crippen LogP contribution in [0.5, 0.6) is 0 Å². The van der Waals surface area contributed by atoms with Crippen molar-refractivity contribution in [1.82, 2.24) is 20.4 Å². The summed E-state index contributed by atoms with van der Waals surface area (Å²) in [6.07, 6.45) is 0. The van der Waals surface area contributed by atoms with Crippen LogP contribution in [-0.2, 0) is 11.3 Å². The van der Waals surface area contributed by atoms with Crippen molar-refractivity contribution < 1.29 is 4.79 Å². The third-order valence-corrected chi connectivity index (χ3v) is 4.99. The van der Waals surface area contributed by atoms with Crippen LogP contribution in [0.25, 0.3) is 0 Å². The molecule has 0 saturated carbocycles. The molecule has 0 aromatic carbocycles. The number of nitrogens with zero attached hydrogens (tertiary/aromatic N) is 3. The average molecular weight is 337 g/mol. The van der Waals surface area contributed by atoms with Gasteiger partial charge in [-0.2, -0.15) is 0 Å². The molecule has 1 aliphatic heterocycles. The smallest absolute Gasteiger partial charge is 0.219 e. The number of amides is 1. The molecule has 0 atom stereocenters. The summed E-state index contributed by atoms with van der Waals surface area (Å²) < 4.78 is 0. The van der Waals surface area contributed by atoms with Crippen molar-refractivity contribution in [2.75, 3.05) is 46.3 Å². The van der Waals surface area contributed by atoms with E-state index in [-0.39, 0.29) is 5.91 Å². The minimum Gasteiger partial charge on any atom is -0.355 e. The van der Waals surface area contributed by atoms with E-state index in [2.05, 4.69) is 39.6 Å². The Morgan fingerprint density at radius 2 is 2.00 bits per heavy atom. The summed E-state index contributed by atoms with van der Waals surface area (Å²) in [6, 6.07) is 4.29. The zero-order chi connectivity index (χ0) is 16.7. The van der Waals surface area contributed by atoms with Gasteiger partial charge in [-0.3, -0.25) is 14.7 Å². The molecule has 0 unspecified atom stereocenters. The molecule has 0 radical (unpaired) electrons. The van der Waals surface area contributed by atoms with Crippen LogP contribution >= 0.6 is 11.3 Å². The molecule has 0 bridgehead atoms. The molecule has 1 saturated heterocycles. The summed E-state index contributed by atoms with van der Waals surface area (Å²) in [6.45, 7) is 9.93. The first-order valence-corrected chi connectivity index (χ1v) is 8.88. The van der Waals surface area contributed by atoms with Gasteiger partial charge in [0.05, 0.1) is 6.54 Å². The van der Waals surface area contributed by atoms with Gasteiger partial charge >= 0.3 is 0 Å². The van der Waals surface area contributed by atoms with Crippen molar-refractivity contribution in [1.29, 1.82) is 0 Å². The number of rotatable bonds is 5. The molecule has 1 aliphatic rings. The lowest BCUT2D eigenvalue weighted by Gasteiger charge is -2.34. The largest absolute Gasteiger partial charge is 0.355 e. The molecule has 2 rings (SSSR count). The van der Waals surface area contributed by atoms with Gasteiger partial charge in [-0.05, 0) is 19.1 Å². The van der Waals surface area contributed by atoms with Gasteiger partial charge < -0.3 is 15.5 Å². The molecule has 0 aliphatic carbocycles. The number of aryl methyl sites for hydroxylation is 1. The van der Waals surface area contributed by atoms with E-state index >= 15 is 0 Å². The quantitative estimate of drug-likeness (QED) is 0.619. The minimum atomic E-state index is 0.177. The molecule has 2 heterocycles. The van der Waals surface area contributed by atoms with E-state index in [1.807, 2.05) is 4.90 Å². The predicted molar refractivity (Wildman–Crippen MR) is 96.0 cm³/mol. The van der Waals surface area contributed by atoms with Crippen molar-refractivity contribution in [2.24, 2.45) is 4.99 Å². The number of hydrogen-bond acceptors (Lipinski definition) is 4. The highest BCUT2D eigenvalue weighted by atomic mass is 32.1. The lowest BCUT2D eigenvalue weighted by molar-refractivity contribution is -0.130. The molecular weight excluding hydrogens is 310 g/mol. The first kappa shape index (κ1) is 17.7. The fraction of sp³-hybridized carbons (Fsp3) is 0.625. The van der Waals surface area contributed by atoms with Gasteiger partial charge in [-0.25, -0.2) is 0 Å². The summed E-state index contributed by atoms with van der Waals surface area (Å²) >= 11 is 1.80. The van der Waals surface area contributed by atoms with E-state index in [4.69, 9.17) is 0 Å². The summed E-state index contributed by atoms with van der Waals surface area (Å²) in [5.74, 6) is 1.01. The Bertz CT molecular complexity index is 534. The molecular formula is C16H27N5OS. The Balaban J connectivity index is 1.63. The second kappa shape index (κ2) is 8.88. The van der Waals surface area contributed by atoms with Crippen LogP contribution in [0.3, 0.4) is 0 Å². The van der Waals surface area contributed by atoms with Crippen LogP contribution in [0.1, 0.15) is 16.7 Å². The maximum atomic E-state index is 11.3. The van der Waals surface area contributed by atoms with Crippen LogP contribution in [0, 0.1) is 6.92 Å². The third kappa shape index (κ3) is 5.84. The Morgan fingerprint density at radius 3 is 2.57 bits per heavy atom. The molecule has 0 spiro atoms. The molecule has 128 valence electrons. The lowest BCUT2D eigenvalue weighted by atomic mass is 10.3. The highest BCUT2D eigenvalue weighted by molar-refractivity contribution is 7.11. The van der Waals surface area contributed by atoms with Gasteiger partial charge in [0.1, 0.15) is 0 Å². The number of guanidine groups is 1. The van der Waals surface area contributed by atoms with Crippen LogP contribution in [0.4, 0.5) is 0 Å². The summed E-state index contributed by atoms with van der Waals surface area (Å²) in [7, 11) is 1.79. The van der Waals surface area contributed by atoms with Crippen LogP contribution < -0.4 is 10.6 Å². The maximum absolute atomic E-state index is 11.3. The van der Waals surface area contributed by atoms with Crippen molar-refractivity contribution >= 4 is 23.2 Å². The molecule has 1 aromatic rings. The molecule has 1 fully saturated rings. The molecule has 7 heteroatoms. The lowest BCUT2D eigenvalue weighted by Crippen LogP contribution is -2.50. The highest BCUT2D eigenvalue weighted by Crippen LogP contribution is 2.14. The fourth-order valence-electron chi connectivity index (χ4n) is 2.59. The van der Waals surface area contributed by atoms with Crippen LogP contribution in [0.2, 0.25) is 0 Å². The molecule has 1 amide bonds. The molecule has 6 nitrogen and oxygen atoms in total. The zero-order valence-electron chi connectivity index (χ0n) is 14.3. The number of nitrogens with one attached hydrogen (secondary N) is 2. The monoisotopic (exact) mass is 337 g/mol. The van der Waals surface area contributed by atoms with E-state index in [1.54, 1.807) is 25.3 Å². The highest BCUT2D eigenvalue weighted by Gasteiger charge is 2.17. The summed E-state index contributed by atoms with van der Waals surface area (Å²) in [5, 5.41) is 6.69. The number of carbonyl (C=O) groups is 1. The van der Waals surface area contributed by atoms with Crippen LogP contribution in [0.15, 0.2) is 17.1 Å². The van der Waals surface area contributed by atoms with Gasteiger partial charge in [0, 0.05) is 63.0 Å². The maximum Gasteiger partial charge on any atom is 0.219 e. The average Bonchev–Trinajstić information content (AvgIpc) is 2.96. The van der Waals surface area contributed by atoms with E-state index in [0.717, 1.165) is 51.8 Å². The number of aliphatic imine (C=N–C) groups is 1. The topological polar surface area (TPSA) is 60.0 Å². The normalized spacial score (nSPS) is 16.5. The summed E-state index contributed by atoms with van der Waals surface area (Å²) in [5.41, 5.74) is 0. The van der Waals surface area contributed by atoms with Gasteiger partial charge in [-0.1, -0.05) is 0 Å². The van der Waals surface area contributed by atoms with Gasteiger partial charge in [-0.15, -0.1) is 11.3 Å². The Hall–Kier alpha value is -1.60. The molecule has 23 heavy (non-hydrogen) atoms. The number of piperazine rings is 1. The third-order valence-electron chi connectivity index (χ3n) is 3.99. The zero-order valence-corrected chi connectivity index (χ0v) is 15.1. The van der Waals surface area contributed by atoms with Crippen molar-refractivity contribution in [3.63, 3.8) is 0 Å². The second-order valence-electron chi connectivity index (χ2n) is 5.71. The van der Waals surface area contributed by atoms with Gasteiger partial charge in [0.15, 0.2) is 5.96 Å². The van der Waals surface area contributed by atoms with E-state index in [9.17, 15) is 4.79 Å². The number of carbonyl (C=O) groups excluding carboxylic acids is 1. The second-order valence-corrected chi connectivity index (χ2v) is 7.09. The van der Waals surface area contributed by atoms with E-state index in [0.29, 0.717) is 0 Å². The minimum absolute atomic E-state index is 0.177. The SMILES string of the molecule is CN=C(NCCN1CCN(C(C)=O)CC1)NCc1ccc(C)s1. The standard InChI is InChI=1S/C16H27N5OS/c1-13-4-5-15(23-13)12-19-16(17-3)18-6-7-20-8-10-21(11-9-20)14(2)22/h4-5H,6-12H2,1-3H3,(H2,17,18,19).